The van der Waals surface area contributed by atoms with E-state index in [1.54, 1.807) is 0 Å². The molecule has 21 heavy (non-hydrogen) atoms. The molecule has 3 aromatic carbocycles. The molecule has 0 heterocycles. The van der Waals surface area contributed by atoms with Crippen LogP contribution in [0.25, 0.3) is 28.3 Å². The van der Waals surface area contributed by atoms with Crippen LogP contribution in [-0.2, 0) is 4.79 Å². The van der Waals surface area contributed by atoms with Gasteiger partial charge in [0.15, 0.2) is 0 Å². The molecule has 0 saturated heterocycles. The molecule has 1 nitrogen and oxygen atoms in total. The van der Waals surface area contributed by atoms with Crippen molar-refractivity contribution in [3.05, 3.63) is 84.4 Å². The highest BCUT2D eigenvalue weighted by Gasteiger charge is 2.03. The molecule has 0 unspecified atom stereocenters. The summed E-state index contributed by atoms with van der Waals surface area (Å²) in [5.41, 5.74) is 5.41. The van der Waals surface area contributed by atoms with Crippen LogP contribution < -0.4 is 0 Å². The lowest BCUT2D eigenvalue weighted by Gasteiger charge is -2.07. The summed E-state index contributed by atoms with van der Waals surface area (Å²) in [7, 11) is 0. The fraction of sp³-hybridized carbons (Fsp3) is 0. The van der Waals surface area contributed by atoms with Gasteiger partial charge in [0.05, 0.1) is 0 Å². The van der Waals surface area contributed by atoms with Crippen molar-refractivity contribution in [3.63, 3.8) is 0 Å². The Morgan fingerprint density at radius 3 is 1.90 bits per heavy atom. The summed E-state index contributed by atoms with van der Waals surface area (Å²) in [6, 6.07) is 26.5. The minimum atomic E-state index is 0.889. The van der Waals surface area contributed by atoms with Gasteiger partial charge >= 0.3 is 0 Å². The van der Waals surface area contributed by atoms with E-state index >= 15 is 0 Å². The van der Waals surface area contributed by atoms with Crippen molar-refractivity contribution >= 4 is 12.0 Å². The van der Waals surface area contributed by atoms with Crippen molar-refractivity contribution in [3.8, 4) is 22.3 Å². The first-order valence-corrected chi connectivity index (χ1v) is 6.84. The first-order valence-electron chi connectivity index (χ1n) is 6.84. The minimum absolute atomic E-state index is 0.889. The predicted molar refractivity (Wildman–Crippen MR) is 87.5 cm³/mol. The van der Waals surface area contributed by atoms with Crippen molar-refractivity contribution in [1.29, 1.82) is 0 Å². The smallest absolute Gasteiger partial charge is 0.125 e. The molecule has 0 saturated carbocycles. The van der Waals surface area contributed by atoms with Crippen molar-refractivity contribution in [2.24, 2.45) is 0 Å². The molecule has 0 aliphatic rings. The van der Waals surface area contributed by atoms with Crippen molar-refractivity contribution in [2.45, 2.75) is 0 Å². The average Bonchev–Trinajstić information content (AvgIpc) is 2.57. The zero-order chi connectivity index (χ0) is 14.5. The topological polar surface area (TPSA) is 17.1 Å². The van der Waals surface area contributed by atoms with Gasteiger partial charge in [-0.3, -0.25) is 0 Å². The molecule has 3 rings (SSSR count). The van der Waals surface area contributed by atoms with E-state index in [1.807, 2.05) is 48.4 Å². The maximum absolute atomic E-state index is 10.6. The Labute approximate surface area is 124 Å². The van der Waals surface area contributed by atoms with Crippen LogP contribution in [0, 0.1) is 0 Å². The van der Waals surface area contributed by atoms with Crippen LogP contribution in [0.2, 0.25) is 0 Å². The summed E-state index contributed by atoms with van der Waals surface area (Å²) < 4.78 is 0. The highest BCUT2D eigenvalue weighted by molar-refractivity contribution is 5.84. The number of hydrogen-bond acceptors (Lipinski definition) is 1. The second kappa shape index (κ2) is 6.04. The summed E-state index contributed by atoms with van der Waals surface area (Å²) in [5, 5.41) is 0. The third-order valence-corrected chi connectivity index (χ3v) is 3.48. The monoisotopic (exact) mass is 270 g/mol. The average molecular weight is 270 g/mol. The van der Waals surface area contributed by atoms with Crippen molar-refractivity contribution in [1.82, 2.24) is 0 Å². The standard InChI is InChI=1S/C20H14O/c21-15-14-18-8-4-5-9-20(18)19-12-10-17(11-13-19)16-6-2-1-3-7-16/h1-14H. The minimum Gasteiger partial charge on any atom is -0.233 e. The Balaban J connectivity index is 2.00. The van der Waals surface area contributed by atoms with E-state index in [-0.39, 0.29) is 0 Å². The summed E-state index contributed by atoms with van der Waals surface area (Å²) in [4.78, 5) is 10.6. The molecule has 0 bridgehead atoms. The van der Waals surface area contributed by atoms with E-state index < -0.39 is 0 Å². The van der Waals surface area contributed by atoms with Crippen molar-refractivity contribution < 1.29 is 4.79 Å². The largest absolute Gasteiger partial charge is 0.233 e. The van der Waals surface area contributed by atoms with E-state index in [9.17, 15) is 4.79 Å². The first kappa shape index (κ1) is 13.1. The van der Waals surface area contributed by atoms with Gasteiger partial charge in [0.2, 0.25) is 0 Å². The van der Waals surface area contributed by atoms with E-state index in [4.69, 9.17) is 0 Å². The quantitative estimate of drug-likeness (QED) is 0.621. The Morgan fingerprint density at radius 2 is 1.19 bits per heavy atom. The fourth-order valence-electron chi connectivity index (χ4n) is 2.42. The van der Waals surface area contributed by atoms with Gasteiger partial charge in [-0.05, 0) is 27.8 Å². The third-order valence-electron chi connectivity index (χ3n) is 3.48. The molecular weight excluding hydrogens is 256 g/mol. The molecule has 1 heteroatoms. The molecule has 0 fully saturated rings. The molecule has 0 aliphatic heterocycles. The second-order valence-electron chi connectivity index (χ2n) is 4.79. The molecular formula is C20H14O. The highest BCUT2D eigenvalue weighted by Crippen LogP contribution is 2.27. The lowest BCUT2D eigenvalue weighted by atomic mass is 9.97. The Morgan fingerprint density at radius 1 is 0.619 bits per heavy atom. The molecule has 0 radical (unpaired) electrons. The normalized spacial score (nSPS) is 9.90. The number of benzene rings is 3. The van der Waals surface area contributed by atoms with Gasteiger partial charge in [0, 0.05) is 6.08 Å². The predicted octanol–water partition coefficient (Wildman–Crippen LogP) is 4.87. The molecule has 0 amide bonds. The van der Waals surface area contributed by atoms with Crippen LogP contribution in [0.4, 0.5) is 0 Å². The van der Waals surface area contributed by atoms with Gasteiger partial charge in [-0.2, -0.15) is 0 Å². The molecule has 100 valence electrons. The zero-order valence-corrected chi connectivity index (χ0v) is 11.5. The van der Waals surface area contributed by atoms with E-state index in [0.717, 1.165) is 16.7 Å². The summed E-state index contributed by atoms with van der Waals surface area (Å²) in [6.07, 6.45) is 1.47. The van der Waals surface area contributed by atoms with Crippen molar-refractivity contribution in [2.75, 3.05) is 0 Å². The highest BCUT2D eigenvalue weighted by atomic mass is 16.1. The Bertz CT molecular complexity index is 780. The molecule has 0 N–H and O–H groups in total. The zero-order valence-electron chi connectivity index (χ0n) is 11.5. The van der Waals surface area contributed by atoms with E-state index in [2.05, 4.69) is 36.4 Å². The first-order chi connectivity index (χ1) is 10.4. The maximum Gasteiger partial charge on any atom is 0.125 e. The molecule has 0 atom stereocenters. The van der Waals surface area contributed by atoms with Gasteiger partial charge in [0.25, 0.3) is 0 Å². The van der Waals surface area contributed by atoms with Gasteiger partial charge in [-0.15, -0.1) is 0 Å². The number of hydrogen-bond donors (Lipinski definition) is 0. The third kappa shape index (κ3) is 2.84. The summed E-state index contributed by atoms with van der Waals surface area (Å²) in [5.74, 6) is 1.86. The maximum atomic E-state index is 10.6. The summed E-state index contributed by atoms with van der Waals surface area (Å²) >= 11 is 0. The van der Waals surface area contributed by atoms with Crippen LogP contribution in [0.15, 0.2) is 78.9 Å². The molecule has 0 aromatic heterocycles. The number of carbonyl (C=O) groups excluding carboxylic acids is 1. The van der Waals surface area contributed by atoms with Crippen LogP contribution in [-0.4, -0.2) is 5.94 Å². The van der Waals surface area contributed by atoms with Crippen LogP contribution >= 0.6 is 0 Å². The molecule has 0 aliphatic carbocycles. The van der Waals surface area contributed by atoms with Crippen LogP contribution in [0.5, 0.6) is 0 Å². The SMILES string of the molecule is O=C=Cc1ccccc1-c1ccc(-c2ccccc2)cc1. The summed E-state index contributed by atoms with van der Waals surface area (Å²) in [6.45, 7) is 0. The van der Waals surface area contributed by atoms with E-state index in [1.165, 1.54) is 17.2 Å². The molecule has 3 aromatic rings. The molecule has 0 spiro atoms. The van der Waals surface area contributed by atoms with Gasteiger partial charge < -0.3 is 0 Å². The Hall–Kier alpha value is -2.89. The van der Waals surface area contributed by atoms with Crippen LogP contribution in [0.3, 0.4) is 0 Å². The van der Waals surface area contributed by atoms with Crippen LogP contribution in [0.1, 0.15) is 5.56 Å². The lowest BCUT2D eigenvalue weighted by molar-refractivity contribution is 0.570. The Kier molecular flexibility index (Phi) is 3.77. The van der Waals surface area contributed by atoms with Gasteiger partial charge in [0.1, 0.15) is 5.94 Å². The lowest BCUT2D eigenvalue weighted by Crippen LogP contribution is -1.84. The van der Waals surface area contributed by atoms with Gasteiger partial charge in [-0.25, -0.2) is 4.79 Å². The fourth-order valence-corrected chi connectivity index (χ4v) is 2.42. The number of rotatable bonds is 3. The van der Waals surface area contributed by atoms with Gasteiger partial charge in [-0.1, -0.05) is 78.9 Å². The van der Waals surface area contributed by atoms with E-state index in [0.29, 0.717) is 0 Å². The second-order valence-corrected chi connectivity index (χ2v) is 4.79.